The third-order valence-electron chi connectivity index (χ3n) is 6.48. The summed E-state index contributed by atoms with van der Waals surface area (Å²) >= 11 is 0. The molecule has 0 amide bonds. The molecule has 0 bridgehead atoms. The predicted molar refractivity (Wildman–Crippen MR) is 155 cm³/mol. The van der Waals surface area contributed by atoms with Crippen molar-refractivity contribution in [2.45, 2.75) is 0 Å². The lowest BCUT2D eigenvalue weighted by Gasteiger charge is -2.27. The number of anilines is 3. The summed E-state index contributed by atoms with van der Waals surface area (Å²) in [7, 11) is 1.65. The molecule has 5 heteroatoms. The molecule has 5 aromatic carbocycles. The number of ether oxygens (including phenoxy) is 1. The topological polar surface area (TPSA) is 83.8 Å². The molecule has 184 valence electrons. The van der Waals surface area contributed by atoms with Crippen molar-refractivity contribution < 1.29 is 4.74 Å². The van der Waals surface area contributed by atoms with E-state index >= 15 is 0 Å². The second-order valence-corrected chi connectivity index (χ2v) is 8.78. The molecule has 0 aliphatic rings. The normalized spacial score (nSPS) is 10.5. The van der Waals surface area contributed by atoms with Crippen LogP contribution in [0.15, 0.2) is 103 Å². The molecule has 0 fully saturated rings. The second kappa shape index (κ2) is 11.1. The molecule has 0 aromatic heterocycles. The first kappa shape index (κ1) is 24.8. The average Bonchev–Trinajstić information content (AvgIpc) is 3.00. The number of benzene rings is 5. The van der Waals surface area contributed by atoms with Crippen LogP contribution >= 0.6 is 0 Å². The monoisotopic (exact) mass is 502 g/mol. The minimum absolute atomic E-state index is 0.289. The van der Waals surface area contributed by atoms with Crippen LogP contribution in [0.3, 0.4) is 0 Å². The van der Waals surface area contributed by atoms with Gasteiger partial charge in [-0.05, 0) is 65.5 Å². The number of hydrogen-bond donors (Lipinski definition) is 0. The van der Waals surface area contributed by atoms with E-state index in [1.165, 1.54) is 12.1 Å². The van der Waals surface area contributed by atoms with Gasteiger partial charge in [0, 0.05) is 22.3 Å². The van der Waals surface area contributed by atoms with Gasteiger partial charge in [0.25, 0.3) is 0 Å². The Labute approximate surface area is 227 Å². The van der Waals surface area contributed by atoms with E-state index in [0.29, 0.717) is 16.7 Å². The van der Waals surface area contributed by atoms with Gasteiger partial charge in [-0.3, -0.25) is 0 Å². The van der Waals surface area contributed by atoms with Crippen molar-refractivity contribution in [2.75, 3.05) is 12.0 Å². The second-order valence-electron chi connectivity index (χ2n) is 8.78. The molecule has 39 heavy (non-hydrogen) atoms. The molecule has 0 unspecified atom stereocenters. The first-order valence-corrected chi connectivity index (χ1v) is 12.2. The van der Waals surface area contributed by atoms with Crippen LogP contribution in [0.4, 0.5) is 17.1 Å². The SMILES string of the molecule is COc1ccc(N(c2ccc(C=Cc3c(C#N)cc(C#N)cc3C#N)cc2)c2cccc3ccccc23)cc1. The third kappa shape index (κ3) is 5.05. The van der Waals surface area contributed by atoms with Gasteiger partial charge >= 0.3 is 0 Å². The highest BCUT2D eigenvalue weighted by Crippen LogP contribution is 2.39. The highest BCUT2D eigenvalue weighted by atomic mass is 16.5. The van der Waals surface area contributed by atoms with Gasteiger partial charge < -0.3 is 9.64 Å². The van der Waals surface area contributed by atoms with Gasteiger partial charge in [-0.1, -0.05) is 60.7 Å². The summed E-state index contributed by atoms with van der Waals surface area (Å²) in [5.41, 5.74) is 5.29. The number of rotatable bonds is 6. The van der Waals surface area contributed by atoms with Gasteiger partial charge in [0.05, 0.1) is 47.7 Å². The largest absolute Gasteiger partial charge is 0.497 e. The molecule has 5 aromatic rings. The number of methoxy groups -OCH3 is 1. The van der Waals surface area contributed by atoms with E-state index in [1.807, 2.05) is 72.8 Å². The van der Waals surface area contributed by atoms with Crippen molar-refractivity contribution in [2.24, 2.45) is 0 Å². The maximum Gasteiger partial charge on any atom is 0.119 e. The molecule has 0 N–H and O–H groups in total. The summed E-state index contributed by atoms with van der Waals surface area (Å²) in [6.07, 6.45) is 3.61. The van der Waals surface area contributed by atoms with Crippen LogP contribution in [0.25, 0.3) is 22.9 Å². The standard InChI is InChI=1S/C34H22N4O/c1-39-31-16-14-30(15-17-31)38(34-8-4-6-26-5-2-3-7-33(26)34)29-12-9-24(10-13-29)11-18-32-27(22-36)19-25(21-35)20-28(32)23-37/h2-20H,1H3. The van der Waals surface area contributed by atoms with E-state index < -0.39 is 0 Å². The molecule has 0 aliphatic carbocycles. The fraction of sp³-hybridized carbons (Fsp3) is 0.0294. The molecule has 5 rings (SSSR count). The summed E-state index contributed by atoms with van der Waals surface area (Å²) in [5.74, 6) is 0.786. The summed E-state index contributed by atoms with van der Waals surface area (Å²) in [6.45, 7) is 0. The Kier molecular flexibility index (Phi) is 7.04. The van der Waals surface area contributed by atoms with Crippen molar-refractivity contribution in [3.05, 3.63) is 131 Å². The highest BCUT2D eigenvalue weighted by Gasteiger charge is 2.15. The lowest BCUT2D eigenvalue weighted by Crippen LogP contribution is -2.10. The lowest BCUT2D eigenvalue weighted by atomic mass is 9.98. The van der Waals surface area contributed by atoms with Gasteiger partial charge in [0.2, 0.25) is 0 Å². The lowest BCUT2D eigenvalue weighted by molar-refractivity contribution is 0.415. The van der Waals surface area contributed by atoms with Gasteiger partial charge in [-0.25, -0.2) is 0 Å². The maximum absolute atomic E-state index is 9.56. The van der Waals surface area contributed by atoms with Crippen LogP contribution in [-0.4, -0.2) is 7.11 Å². The Hall–Kier alpha value is -5.83. The van der Waals surface area contributed by atoms with Crippen LogP contribution in [-0.2, 0) is 0 Å². The van der Waals surface area contributed by atoms with E-state index in [1.54, 1.807) is 13.2 Å². The van der Waals surface area contributed by atoms with Gasteiger partial charge in [-0.15, -0.1) is 0 Å². The Morgan fingerprint density at radius 2 is 1.28 bits per heavy atom. The molecule has 0 spiro atoms. The van der Waals surface area contributed by atoms with E-state index in [-0.39, 0.29) is 5.56 Å². The summed E-state index contributed by atoms with van der Waals surface area (Å²) in [6, 6.07) is 39.8. The Morgan fingerprint density at radius 3 is 1.90 bits per heavy atom. The third-order valence-corrected chi connectivity index (χ3v) is 6.48. The number of fused-ring (bicyclic) bond motifs is 1. The molecule has 0 radical (unpaired) electrons. The van der Waals surface area contributed by atoms with Crippen molar-refractivity contribution in [1.82, 2.24) is 0 Å². The van der Waals surface area contributed by atoms with E-state index in [0.717, 1.165) is 39.1 Å². The van der Waals surface area contributed by atoms with E-state index in [4.69, 9.17) is 4.74 Å². The van der Waals surface area contributed by atoms with Crippen LogP contribution in [0, 0.1) is 34.0 Å². The minimum atomic E-state index is 0.289. The maximum atomic E-state index is 9.56. The zero-order chi connectivity index (χ0) is 27.2. The highest BCUT2D eigenvalue weighted by molar-refractivity contribution is 5.99. The minimum Gasteiger partial charge on any atom is -0.497 e. The Bertz CT molecular complexity index is 1780. The first-order chi connectivity index (χ1) is 19.1. The number of nitrogens with zero attached hydrogens (tertiary/aromatic N) is 4. The zero-order valence-corrected chi connectivity index (χ0v) is 21.2. The zero-order valence-electron chi connectivity index (χ0n) is 21.2. The molecular formula is C34H22N4O. The first-order valence-electron chi connectivity index (χ1n) is 12.2. The molecule has 0 saturated heterocycles. The summed E-state index contributed by atoms with van der Waals surface area (Å²) in [4.78, 5) is 2.21. The molecule has 0 aliphatic heterocycles. The van der Waals surface area contributed by atoms with Crippen LogP contribution in [0.2, 0.25) is 0 Å². The van der Waals surface area contributed by atoms with Gasteiger partial charge in [-0.2, -0.15) is 15.8 Å². The molecule has 0 saturated carbocycles. The fourth-order valence-corrected chi connectivity index (χ4v) is 4.56. The Morgan fingerprint density at radius 1 is 0.667 bits per heavy atom. The van der Waals surface area contributed by atoms with Crippen LogP contribution in [0.5, 0.6) is 5.75 Å². The summed E-state index contributed by atoms with van der Waals surface area (Å²) in [5, 5.41) is 30.6. The van der Waals surface area contributed by atoms with Crippen LogP contribution < -0.4 is 9.64 Å². The summed E-state index contributed by atoms with van der Waals surface area (Å²) < 4.78 is 5.37. The van der Waals surface area contributed by atoms with E-state index in [9.17, 15) is 15.8 Å². The van der Waals surface area contributed by atoms with Crippen molar-refractivity contribution >= 4 is 40.0 Å². The van der Waals surface area contributed by atoms with E-state index in [2.05, 4.69) is 47.4 Å². The smallest absolute Gasteiger partial charge is 0.119 e. The van der Waals surface area contributed by atoms with Gasteiger partial charge in [0.1, 0.15) is 5.75 Å². The fourth-order valence-electron chi connectivity index (χ4n) is 4.56. The van der Waals surface area contributed by atoms with Crippen LogP contribution in [0.1, 0.15) is 27.8 Å². The van der Waals surface area contributed by atoms with Gasteiger partial charge in [0.15, 0.2) is 0 Å². The quantitative estimate of drug-likeness (QED) is 0.219. The number of nitriles is 3. The predicted octanol–water partition coefficient (Wildman–Crippen LogP) is 8.10. The molecule has 5 nitrogen and oxygen atoms in total. The Balaban J connectivity index is 1.55. The van der Waals surface area contributed by atoms with Crippen molar-refractivity contribution in [3.63, 3.8) is 0 Å². The average molecular weight is 503 g/mol. The molecule has 0 heterocycles. The molecular weight excluding hydrogens is 480 g/mol. The van der Waals surface area contributed by atoms with Crippen molar-refractivity contribution in [3.8, 4) is 24.0 Å². The van der Waals surface area contributed by atoms with Crippen molar-refractivity contribution in [1.29, 1.82) is 15.8 Å². The molecule has 0 atom stereocenters. The number of hydrogen-bond acceptors (Lipinski definition) is 5.